The Hall–Kier alpha value is -2.08. The van der Waals surface area contributed by atoms with E-state index in [0.717, 1.165) is 5.56 Å². The number of hydrogen-bond donors (Lipinski definition) is 2. The van der Waals surface area contributed by atoms with Gasteiger partial charge in [-0.25, -0.2) is 0 Å². The van der Waals surface area contributed by atoms with Crippen LogP contribution in [0.15, 0.2) is 18.2 Å². The minimum absolute atomic E-state index is 0.0413. The van der Waals surface area contributed by atoms with Crippen LogP contribution < -0.4 is 11.1 Å². The summed E-state index contributed by atoms with van der Waals surface area (Å²) in [5.74, 6) is -0.215. The normalized spacial score (nSPS) is 10.4. The van der Waals surface area contributed by atoms with Crippen LogP contribution in [0.4, 0.5) is 11.4 Å². The topological polar surface area (TPSA) is 78.7 Å². The van der Waals surface area contributed by atoms with Gasteiger partial charge in [0, 0.05) is 25.5 Å². The van der Waals surface area contributed by atoms with Crippen LogP contribution in [-0.2, 0) is 9.59 Å². The number of likely N-dealkylation sites (N-methyl/N-ethyl adjacent to an activating group) is 2. The molecule has 1 aromatic rings. The fraction of sp³-hybridized carbons (Fsp3) is 0.429. The van der Waals surface area contributed by atoms with E-state index in [2.05, 4.69) is 5.32 Å². The molecule has 0 radical (unpaired) electrons. The van der Waals surface area contributed by atoms with Gasteiger partial charge in [-0.2, -0.15) is 0 Å². The van der Waals surface area contributed by atoms with Gasteiger partial charge in [-0.3, -0.25) is 14.5 Å². The SMILES string of the molecule is Cc1c(N)cccc1NC(=O)CN(C)CC(=O)N(C)C. The van der Waals surface area contributed by atoms with Crippen LogP contribution >= 0.6 is 0 Å². The molecule has 1 aromatic carbocycles. The van der Waals surface area contributed by atoms with Gasteiger partial charge in [0.1, 0.15) is 0 Å². The molecule has 0 aromatic heterocycles. The van der Waals surface area contributed by atoms with E-state index in [0.29, 0.717) is 11.4 Å². The fourth-order valence-corrected chi connectivity index (χ4v) is 1.65. The van der Waals surface area contributed by atoms with Gasteiger partial charge in [-0.15, -0.1) is 0 Å². The first kappa shape index (κ1) is 16.0. The number of benzene rings is 1. The maximum Gasteiger partial charge on any atom is 0.238 e. The van der Waals surface area contributed by atoms with Crippen LogP contribution in [0.25, 0.3) is 0 Å². The summed E-state index contributed by atoms with van der Waals surface area (Å²) in [6, 6.07) is 5.37. The van der Waals surface area contributed by atoms with Gasteiger partial charge in [0.15, 0.2) is 0 Å². The summed E-state index contributed by atoms with van der Waals surface area (Å²) in [6.45, 7) is 2.20. The van der Waals surface area contributed by atoms with Gasteiger partial charge < -0.3 is 16.0 Å². The highest BCUT2D eigenvalue weighted by atomic mass is 16.2. The third-order valence-electron chi connectivity index (χ3n) is 2.97. The van der Waals surface area contributed by atoms with Gasteiger partial charge in [0.25, 0.3) is 0 Å². The van der Waals surface area contributed by atoms with Crippen LogP contribution in [0.5, 0.6) is 0 Å². The zero-order valence-corrected chi connectivity index (χ0v) is 12.4. The first-order valence-electron chi connectivity index (χ1n) is 6.35. The Bertz CT molecular complexity index is 500. The largest absolute Gasteiger partial charge is 0.398 e. The zero-order chi connectivity index (χ0) is 15.3. The Kier molecular flexibility index (Phi) is 5.52. The highest BCUT2D eigenvalue weighted by Gasteiger charge is 2.13. The average molecular weight is 278 g/mol. The molecular weight excluding hydrogens is 256 g/mol. The molecule has 0 aliphatic rings. The van der Waals surface area contributed by atoms with Crippen LogP contribution in [0, 0.1) is 6.92 Å². The van der Waals surface area contributed by atoms with Crippen molar-refractivity contribution < 1.29 is 9.59 Å². The van der Waals surface area contributed by atoms with E-state index in [1.165, 1.54) is 4.90 Å². The van der Waals surface area contributed by atoms with E-state index in [9.17, 15) is 9.59 Å². The van der Waals surface area contributed by atoms with Crippen molar-refractivity contribution in [1.82, 2.24) is 9.80 Å². The van der Waals surface area contributed by atoms with Crippen molar-refractivity contribution >= 4 is 23.2 Å². The maximum atomic E-state index is 11.9. The second-order valence-corrected chi connectivity index (χ2v) is 5.03. The van der Waals surface area contributed by atoms with Crippen LogP contribution in [0.3, 0.4) is 0 Å². The maximum absolute atomic E-state index is 11.9. The van der Waals surface area contributed by atoms with Crippen LogP contribution in [0.2, 0.25) is 0 Å². The summed E-state index contributed by atoms with van der Waals surface area (Å²) in [6.07, 6.45) is 0. The molecule has 0 bridgehead atoms. The predicted molar refractivity (Wildman–Crippen MR) is 80.4 cm³/mol. The quantitative estimate of drug-likeness (QED) is 0.770. The van der Waals surface area contributed by atoms with Gasteiger partial charge in [-0.05, 0) is 31.7 Å². The van der Waals surface area contributed by atoms with E-state index in [-0.39, 0.29) is 24.9 Å². The number of carbonyl (C=O) groups is 2. The first-order valence-corrected chi connectivity index (χ1v) is 6.35. The first-order chi connectivity index (χ1) is 9.31. The van der Waals surface area contributed by atoms with Crippen molar-refractivity contribution in [3.63, 3.8) is 0 Å². The van der Waals surface area contributed by atoms with E-state index >= 15 is 0 Å². The number of nitrogens with zero attached hydrogens (tertiary/aromatic N) is 2. The van der Waals surface area contributed by atoms with Crippen LogP contribution in [0.1, 0.15) is 5.56 Å². The molecule has 0 saturated heterocycles. The van der Waals surface area contributed by atoms with Crippen molar-refractivity contribution in [3.8, 4) is 0 Å². The van der Waals surface area contributed by atoms with Gasteiger partial charge in [-0.1, -0.05) is 6.07 Å². The molecule has 2 amide bonds. The number of amides is 2. The lowest BCUT2D eigenvalue weighted by atomic mass is 10.1. The second kappa shape index (κ2) is 6.91. The monoisotopic (exact) mass is 278 g/mol. The Labute approximate surface area is 119 Å². The minimum Gasteiger partial charge on any atom is -0.398 e. The molecule has 110 valence electrons. The molecule has 0 unspecified atom stereocenters. The number of hydrogen-bond acceptors (Lipinski definition) is 4. The lowest BCUT2D eigenvalue weighted by Crippen LogP contribution is -2.38. The van der Waals surface area contributed by atoms with Crippen molar-refractivity contribution in [2.24, 2.45) is 0 Å². The molecule has 0 saturated carbocycles. The highest BCUT2D eigenvalue weighted by Crippen LogP contribution is 2.20. The van der Waals surface area contributed by atoms with Gasteiger partial charge in [0.05, 0.1) is 13.1 Å². The van der Waals surface area contributed by atoms with E-state index in [1.807, 2.05) is 6.92 Å². The second-order valence-electron chi connectivity index (χ2n) is 5.03. The van der Waals surface area contributed by atoms with Gasteiger partial charge >= 0.3 is 0 Å². The Morgan fingerprint density at radius 2 is 1.85 bits per heavy atom. The summed E-state index contributed by atoms with van der Waals surface area (Å²) >= 11 is 0. The predicted octanol–water partition coefficient (Wildman–Crippen LogP) is 0.536. The zero-order valence-electron chi connectivity index (χ0n) is 12.4. The molecule has 0 atom stereocenters. The Morgan fingerprint density at radius 1 is 1.20 bits per heavy atom. The molecule has 0 heterocycles. The lowest BCUT2D eigenvalue weighted by molar-refractivity contribution is -0.130. The lowest BCUT2D eigenvalue weighted by Gasteiger charge is -2.19. The Morgan fingerprint density at radius 3 is 2.45 bits per heavy atom. The molecule has 0 fully saturated rings. The molecule has 1 rings (SSSR count). The molecule has 3 N–H and O–H groups in total. The van der Waals surface area contributed by atoms with E-state index < -0.39 is 0 Å². The average Bonchev–Trinajstić information content (AvgIpc) is 2.34. The summed E-state index contributed by atoms with van der Waals surface area (Å²) in [5, 5.41) is 2.80. The molecule has 0 aliphatic heterocycles. The smallest absolute Gasteiger partial charge is 0.238 e. The molecule has 6 heteroatoms. The van der Waals surface area contributed by atoms with Gasteiger partial charge in [0.2, 0.25) is 11.8 Å². The summed E-state index contributed by atoms with van der Waals surface area (Å²) in [5.41, 5.74) is 7.96. The highest BCUT2D eigenvalue weighted by molar-refractivity contribution is 5.94. The number of anilines is 2. The van der Waals surface area contributed by atoms with E-state index in [4.69, 9.17) is 5.73 Å². The minimum atomic E-state index is -0.173. The number of nitrogens with one attached hydrogen (secondary N) is 1. The van der Waals surface area contributed by atoms with Crippen molar-refractivity contribution in [2.75, 3.05) is 45.3 Å². The van der Waals surface area contributed by atoms with Crippen molar-refractivity contribution in [3.05, 3.63) is 23.8 Å². The number of carbonyl (C=O) groups excluding carboxylic acids is 2. The summed E-state index contributed by atoms with van der Waals surface area (Å²) in [4.78, 5) is 26.6. The summed E-state index contributed by atoms with van der Waals surface area (Å²) in [7, 11) is 5.10. The number of nitrogen functional groups attached to an aromatic ring is 1. The van der Waals surface area contributed by atoms with E-state index in [1.54, 1.807) is 44.2 Å². The third-order valence-corrected chi connectivity index (χ3v) is 2.97. The van der Waals surface area contributed by atoms with Crippen molar-refractivity contribution in [2.45, 2.75) is 6.92 Å². The number of rotatable bonds is 5. The third kappa shape index (κ3) is 4.55. The molecule has 6 nitrogen and oxygen atoms in total. The number of nitrogens with two attached hydrogens (primary N) is 1. The fourth-order valence-electron chi connectivity index (χ4n) is 1.65. The van der Waals surface area contributed by atoms with Crippen molar-refractivity contribution in [1.29, 1.82) is 0 Å². The molecule has 20 heavy (non-hydrogen) atoms. The molecule has 0 spiro atoms. The standard InChI is InChI=1S/C14H22N4O2/c1-10-11(15)6-5-7-12(10)16-13(19)8-18(4)9-14(20)17(2)3/h5-7H,8-9,15H2,1-4H3,(H,16,19). The molecule has 0 aliphatic carbocycles. The Balaban J connectivity index is 2.55. The van der Waals surface area contributed by atoms with Crippen LogP contribution in [-0.4, -0.2) is 55.8 Å². The molecular formula is C14H22N4O2. The summed E-state index contributed by atoms with van der Waals surface area (Å²) < 4.78 is 0.